The quantitative estimate of drug-likeness (QED) is 0.737. The highest BCUT2D eigenvalue weighted by atomic mass is 16.6. The third-order valence-corrected chi connectivity index (χ3v) is 5.54. The van der Waals surface area contributed by atoms with E-state index >= 15 is 0 Å². The summed E-state index contributed by atoms with van der Waals surface area (Å²) >= 11 is 0. The van der Waals surface area contributed by atoms with Gasteiger partial charge in [0.05, 0.1) is 10.9 Å². The molecule has 3 nitrogen and oxygen atoms in total. The largest absolute Gasteiger partial charge is 0.461 e. The molecule has 1 aromatic heterocycles. The fraction of sp³-hybridized carbons (Fsp3) is 0.471. The van der Waals surface area contributed by atoms with E-state index in [9.17, 15) is 4.79 Å². The summed E-state index contributed by atoms with van der Waals surface area (Å²) < 4.78 is 12.0. The topological polar surface area (TPSA) is 39.4 Å². The first-order chi connectivity index (χ1) is 9.81. The van der Waals surface area contributed by atoms with Gasteiger partial charge in [0.1, 0.15) is 11.7 Å². The van der Waals surface area contributed by atoms with Gasteiger partial charge in [0.15, 0.2) is 5.43 Å². The van der Waals surface area contributed by atoms with E-state index in [1.54, 1.807) is 0 Å². The van der Waals surface area contributed by atoms with Gasteiger partial charge < -0.3 is 9.15 Å². The van der Waals surface area contributed by atoms with Crippen molar-refractivity contribution in [2.24, 2.45) is 17.8 Å². The lowest BCUT2D eigenvalue weighted by atomic mass is 9.80. The van der Waals surface area contributed by atoms with E-state index in [0.29, 0.717) is 28.8 Å². The van der Waals surface area contributed by atoms with Gasteiger partial charge in [0, 0.05) is 5.92 Å². The van der Waals surface area contributed by atoms with Crippen LogP contribution in [0, 0.1) is 17.8 Å². The van der Waals surface area contributed by atoms with Gasteiger partial charge in [-0.25, -0.2) is 0 Å². The van der Waals surface area contributed by atoms with E-state index < -0.39 is 0 Å². The Kier molecular flexibility index (Phi) is 2.00. The van der Waals surface area contributed by atoms with Gasteiger partial charge in [-0.3, -0.25) is 4.79 Å². The summed E-state index contributed by atoms with van der Waals surface area (Å²) in [5, 5.41) is 0.677. The van der Waals surface area contributed by atoms with Crippen LogP contribution in [-0.4, -0.2) is 6.10 Å². The van der Waals surface area contributed by atoms with Gasteiger partial charge in [-0.05, 0) is 49.7 Å². The first kappa shape index (κ1) is 11.0. The maximum atomic E-state index is 12.6. The number of ether oxygens (including phenoxy) is 1. The van der Waals surface area contributed by atoms with Crippen LogP contribution in [0.1, 0.15) is 24.8 Å². The van der Waals surface area contributed by atoms with E-state index in [4.69, 9.17) is 9.15 Å². The highest BCUT2D eigenvalue weighted by Gasteiger charge is 2.51. The fourth-order valence-electron chi connectivity index (χ4n) is 4.61. The average Bonchev–Trinajstić information content (AvgIpc) is 3.08. The molecule has 0 unspecified atom stereocenters. The molecule has 2 fully saturated rings. The second-order valence-corrected chi connectivity index (χ2v) is 6.48. The van der Waals surface area contributed by atoms with Gasteiger partial charge in [0.25, 0.3) is 5.95 Å². The molecule has 2 aliphatic carbocycles. The predicted molar refractivity (Wildman–Crippen MR) is 74.9 cm³/mol. The van der Waals surface area contributed by atoms with Crippen LogP contribution in [-0.2, 0) is 6.42 Å². The third kappa shape index (κ3) is 1.28. The Labute approximate surface area is 116 Å². The standard InChI is InChI=1S/C17H16O3/c18-15-11-3-1-2-4-14(11)19-17-13(15)8-12-9-5-6-10(7-9)16(12)20-17/h1-4,9-10,12,16H,5-8H2/t9-,10+,12+,16-/m1/s1. The van der Waals surface area contributed by atoms with E-state index in [1.807, 2.05) is 24.3 Å². The Morgan fingerprint density at radius 1 is 1.10 bits per heavy atom. The summed E-state index contributed by atoms with van der Waals surface area (Å²) in [4.78, 5) is 12.6. The first-order valence-electron chi connectivity index (χ1n) is 7.52. The van der Waals surface area contributed by atoms with Crippen LogP contribution < -0.4 is 10.2 Å². The Balaban J connectivity index is 1.71. The van der Waals surface area contributed by atoms with Crippen molar-refractivity contribution in [3.8, 4) is 5.95 Å². The van der Waals surface area contributed by atoms with Crippen molar-refractivity contribution in [1.82, 2.24) is 0 Å². The van der Waals surface area contributed by atoms with Crippen LogP contribution >= 0.6 is 0 Å². The molecule has 102 valence electrons. The summed E-state index contributed by atoms with van der Waals surface area (Å²) in [7, 11) is 0. The molecule has 0 N–H and O–H groups in total. The maximum Gasteiger partial charge on any atom is 0.292 e. The molecule has 4 atom stereocenters. The molecular formula is C17H16O3. The van der Waals surface area contributed by atoms with Gasteiger partial charge >= 0.3 is 0 Å². The average molecular weight is 268 g/mol. The summed E-state index contributed by atoms with van der Waals surface area (Å²) in [6.45, 7) is 0. The molecule has 0 radical (unpaired) electrons. The van der Waals surface area contributed by atoms with Crippen molar-refractivity contribution in [3.05, 3.63) is 40.1 Å². The first-order valence-corrected chi connectivity index (χ1v) is 7.52. The normalized spacial score (nSPS) is 33.8. The highest BCUT2D eigenvalue weighted by Crippen LogP contribution is 2.53. The minimum absolute atomic E-state index is 0.100. The minimum Gasteiger partial charge on any atom is -0.461 e. The Morgan fingerprint density at radius 3 is 2.90 bits per heavy atom. The molecule has 0 saturated heterocycles. The van der Waals surface area contributed by atoms with E-state index in [2.05, 4.69) is 0 Å². The molecule has 1 aromatic carbocycles. The Morgan fingerprint density at radius 2 is 1.95 bits per heavy atom. The Hall–Kier alpha value is -1.77. The number of hydrogen-bond donors (Lipinski definition) is 0. The fourth-order valence-corrected chi connectivity index (χ4v) is 4.61. The number of benzene rings is 1. The lowest BCUT2D eigenvalue weighted by Gasteiger charge is -2.35. The van der Waals surface area contributed by atoms with E-state index in [-0.39, 0.29) is 11.5 Å². The molecule has 2 aromatic rings. The second-order valence-electron chi connectivity index (χ2n) is 6.48. The van der Waals surface area contributed by atoms with Crippen LogP contribution in [0.25, 0.3) is 11.0 Å². The zero-order valence-corrected chi connectivity index (χ0v) is 11.2. The van der Waals surface area contributed by atoms with Crippen molar-refractivity contribution in [1.29, 1.82) is 0 Å². The summed E-state index contributed by atoms with van der Waals surface area (Å²) in [6, 6.07) is 7.46. The lowest BCUT2D eigenvalue weighted by Crippen LogP contribution is -2.39. The molecule has 3 heteroatoms. The van der Waals surface area contributed by atoms with Crippen LogP contribution in [0.2, 0.25) is 0 Å². The van der Waals surface area contributed by atoms with Gasteiger partial charge in [-0.1, -0.05) is 12.1 Å². The maximum absolute atomic E-state index is 12.6. The third-order valence-electron chi connectivity index (χ3n) is 5.54. The number of hydrogen-bond acceptors (Lipinski definition) is 3. The second kappa shape index (κ2) is 3.66. The molecular weight excluding hydrogens is 252 g/mol. The van der Waals surface area contributed by atoms with Crippen LogP contribution in [0.4, 0.5) is 0 Å². The van der Waals surface area contributed by atoms with Crippen LogP contribution in [0.5, 0.6) is 5.95 Å². The van der Waals surface area contributed by atoms with Crippen molar-refractivity contribution < 1.29 is 9.15 Å². The van der Waals surface area contributed by atoms with Crippen molar-refractivity contribution in [2.75, 3.05) is 0 Å². The zero-order chi connectivity index (χ0) is 13.3. The summed E-state index contributed by atoms with van der Waals surface area (Å²) in [6.07, 6.45) is 4.99. The predicted octanol–water partition coefficient (Wildman–Crippen LogP) is 3.14. The molecule has 0 amide bonds. The van der Waals surface area contributed by atoms with Crippen molar-refractivity contribution in [2.45, 2.75) is 31.8 Å². The molecule has 2 heterocycles. The molecule has 3 aliphatic rings. The minimum atomic E-state index is 0.100. The molecule has 5 rings (SSSR count). The Bertz CT molecular complexity index is 760. The number of rotatable bonds is 0. The molecule has 0 spiro atoms. The number of fused-ring (bicyclic) bond motifs is 7. The van der Waals surface area contributed by atoms with Crippen LogP contribution in [0.15, 0.2) is 33.5 Å². The van der Waals surface area contributed by atoms with E-state index in [0.717, 1.165) is 17.9 Å². The smallest absolute Gasteiger partial charge is 0.292 e. The molecule has 2 bridgehead atoms. The van der Waals surface area contributed by atoms with Crippen LogP contribution in [0.3, 0.4) is 0 Å². The van der Waals surface area contributed by atoms with Gasteiger partial charge in [-0.2, -0.15) is 0 Å². The molecule has 20 heavy (non-hydrogen) atoms. The van der Waals surface area contributed by atoms with E-state index in [1.165, 1.54) is 19.3 Å². The lowest BCUT2D eigenvalue weighted by molar-refractivity contribution is 0.0401. The molecule has 2 saturated carbocycles. The van der Waals surface area contributed by atoms with Gasteiger partial charge in [0.2, 0.25) is 0 Å². The SMILES string of the molecule is O=c1c2c(oc3ccccc13)O[C@@H]1[C@H]3CC[C@H](C3)[C@@H]1C2. The monoisotopic (exact) mass is 268 g/mol. The van der Waals surface area contributed by atoms with Crippen molar-refractivity contribution in [3.63, 3.8) is 0 Å². The van der Waals surface area contributed by atoms with Crippen molar-refractivity contribution >= 4 is 11.0 Å². The summed E-state index contributed by atoms with van der Waals surface area (Å²) in [5.74, 6) is 2.45. The number of para-hydroxylation sites is 1. The van der Waals surface area contributed by atoms with Gasteiger partial charge in [-0.15, -0.1) is 0 Å². The highest BCUT2D eigenvalue weighted by molar-refractivity contribution is 5.77. The zero-order valence-electron chi connectivity index (χ0n) is 11.2. The molecule has 1 aliphatic heterocycles. The summed E-state index contributed by atoms with van der Waals surface area (Å²) in [5.41, 5.74) is 1.50.